The minimum Gasteiger partial charge on any atom is -0.349 e. The summed E-state index contributed by atoms with van der Waals surface area (Å²) in [4.78, 5) is 12.3. The van der Waals surface area contributed by atoms with Crippen molar-refractivity contribution in [1.82, 2.24) is 5.32 Å². The van der Waals surface area contributed by atoms with Crippen LogP contribution >= 0.6 is 46.6 Å². The number of carbonyl (C=O) groups excluding carboxylic acids is 1. The van der Waals surface area contributed by atoms with Gasteiger partial charge in [0, 0.05) is 17.4 Å². The molecule has 0 aliphatic rings. The summed E-state index contributed by atoms with van der Waals surface area (Å²) in [5.74, 6) is -3.45. The first-order valence-corrected chi connectivity index (χ1v) is 11.9. The quantitative estimate of drug-likeness (QED) is 0.258. The molecule has 2 unspecified atom stereocenters. The zero-order valence-electron chi connectivity index (χ0n) is 17.4. The van der Waals surface area contributed by atoms with Crippen molar-refractivity contribution in [2.75, 3.05) is 11.5 Å². The van der Waals surface area contributed by atoms with Crippen LogP contribution in [0, 0.1) is 0 Å². The predicted octanol–water partition coefficient (Wildman–Crippen LogP) is 8.42. The molecular weight excluding hydrogens is 547 g/mol. The number of thioether (sulfide) groups is 1. The lowest BCUT2D eigenvalue weighted by Crippen LogP contribution is -2.34. The molecular formula is C22H18Cl3F6NOS. The molecule has 0 fully saturated rings. The molecule has 2 aromatic carbocycles. The van der Waals surface area contributed by atoms with Crippen molar-refractivity contribution in [2.45, 2.75) is 31.2 Å². The number of halogens is 9. The van der Waals surface area contributed by atoms with E-state index in [1.165, 1.54) is 30.3 Å². The van der Waals surface area contributed by atoms with Crippen LogP contribution in [0.25, 0.3) is 6.08 Å². The number of allylic oxidation sites excluding steroid dienone is 1. The van der Waals surface area contributed by atoms with E-state index in [1.807, 2.05) is 0 Å². The van der Waals surface area contributed by atoms with Crippen LogP contribution in [0.3, 0.4) is 0 Å². The molecule has 1 N–H and O–H groups in total. The molecule has 2 rings (SSSR count). The number of carbonyl (C=O) groups is 1. The Morgan fingerprint density at radius 2 is 1.59 bits per heavy atom. The van der Waals surface area contributed by atoms with Crippen LogP contribution in [0.15, 0.2) is 42.5 Å². The minimum atomic E-state index is -4.63. The highest BCUT2D eigenvalue weighted by Gasteiger charge is 2.39. The minimum absolute atomic E-state index is 0.0425. The fraction of sp³-hybridized carbons (Fsp3) is 0.318. The van der Waals surface area contributed by atoms with Crippen molar-refractivity contribution >= 4 is 58.5 Å². The van der Waals surface area contributed by atoms with E-state index in [0.29, 0.717) is 17.3 Å². The number of benzene rings is 2. The molecule has 0 spiro atoms. The van der Waals surface area contributed by atoms with Gasteiger partial charge in [0.15, 0.2) is 0 Å². The predicted molar refractivity (Wildman–Crippen MR) is 126 cm³/mol. The lowest BCUT2D eigenvalue weighted by Gasteiger charge is -2.18. The zero-order chi connectivity index (χ0) is 25.7. The molecule has 1 amide bonds. The second kappa shape index (κ2) is 11.9. The van der Waals surface area contributed by atoms with Crippen LogP contribution in [0.1, 0.15) is 34.3 Å². The fourth-order valence-corrected chi connectivity index (χ4v) is 4.22. The Labute approximate surface area is 211 Å². The summed E-state index contributed by atoms with van der Waals surface area (Å²) in [6.45, 7) is 1.57. The molecule has 2 nitrogen and oxygen atoms in total. The number of hydrogen-bond acceptors (Lipinski definition) is 2. The third kappa shape index (κ3) is 8.91. The Morgan fingerprint density at radius 1 is 1.03 bits per heavy atom. The molecule has 0 saturated carbocycles. The van der Waals surface area contributed by atoms with E-state index in [2.05, 4.69) is 5.32 Å². The maximum absolute atomic E-state index is 13.6. The summed E-state index contributed by atoms with van der Waals surface area (Å²) < 4.78 is 77.5. The van der Waals surface area contributed by atoms with E-state index in [4.69, 9.17) is 34.8 Å². The van der Waals surface area contributed by atoms with Gasteiger partial charge in [-0.2, -0.15) is 38.1 Å². The Kier molecular flexibility index (Phi) is 10.1. The Morgan fingerprint density at radius 3 is 2.09 bits per heavy atom. The van der Waals surface area contributed by atoms with E-state index >= 15 is 0 Å². The van der Waals surface area contributed by atoms with Gasteiger partial charge < -0.3 is 5.32 Å². The van der Waals surface area contributed by atoms with Crippen molar-refractivity contribution < 1.29 is 31.1 Å². The van der Waals surface area contributed by atoms with Crippen LogP contribution in [0.5, 0.6) is 0 Å². The van der Waals surface area contributed by atoms with Crippen LogP contribution in [0.4, 0.5) is 26.3 Å². The van der Waals surface area contributed by atoms with Crippen molar-refractivity contribution in [2.24, 2.45) is 0 Å². The number of amides is 1. The van der Waals surface area contributed by atoms with E-state index in [-0.39, 0.29) is 31.9 Å². The SMILES string of the molecule is CC(CSCC(F)(F)F)NC(=O)c1ccc(/C=C/C(c2cc(Cl)c(Cl)c(Cl)c2)C(F)(F)F)cc1. The lowest BCUT2D eigenvalue weighted by atomic mass is 9.97. The molecule has 2 aromatic rings. The summed E-state index contributed by atoms with van der Waals surface area (Å²) in [7, 11) is 0. The highest BCUT2D eigenvalue weighted by molar-refractivity contribution is 7.99. The molecule has 0 aromatic heterocycles. The van der Waals surface area contributed by atoms with Gasteiger partial charge in [-0.1, -0.05) is 59.1 Å². The summed E-state index contributed by atoms with van der Waals surface area (Å²) in [6.07, 6.45) is -6.73. The average Bonchev–Trinajstić information content (AvgIpc) is 2.70. The van der Waals surface area contributed by atoms with Crippen LogP contribution in [-0.4, -0.2) is 35.8 Å². The van der Waals surface area contributed by atoms with Crippen LogP contribution in [0.2, 0.25) is 15.1 Å². The highest BCUT2D eigenvalue weighted by Crippen LogP contribution is 2.41. The molecule has 2 atom stereocenters. The first-order valence-electron chi connectivity index (χ1n) is 9.62. The third-order valence-electron chi connectivity index (χ3n) is 4.38. The summed E-state index contributed by atoms with van der Waals surface area (Å²) in [6, 6.07) is 7.39. The van der Waals surface area contributed by atoms with Crippen LogP contribution < -0.4 is 5.32 Å². The van der Waals surface area contributed by atoms with Gasteiger partial charge in [-0.15, -0.1) is 0 Å². The largest absolute Gasteiger partial charge is 0.399 e. The standard InChI is InChI=1S/C22H18Cl3F6NOS/c1-12(10-34-11-21(26,27)28)32-20(33)14-5-2-13(3-6-14)4-7-16(22(29,30)31)15-8-17(23)19(25)18(24)9-15/h2-9,12,16H,10-11H2,1H3,(H,32,33)/b7-4+. The first-order chi connectivity index (χ1) is 15.7. The second-order valence-corrected chi connectivity index (χ2v) is 9.53. The summed E-state index contributed by atoms with van der Waals surface area (Å²) in [5, 5.41) is 2.33. The zero-order valence-corrected chi connectivity index (χ0v) is 20.5. The number of alkyl halides is 6. The molecule has 0 aliphatic carbocycles. The molecule has 12 heteroatoms. The average molecular weight is 565 g/mol. The second-order valence-electron chi connectivity index (χ2n) is 7.30. The Bertz CT molecular complexity index is 1000. The Balaban J connectivity index is 2.08. The fourth-order valence-electron chi connectivity index (χ4n) is 2.82. The first kappa shape index (κ1) is 28.7. The van der Waals surface area contributed by atoms with Gasteiger partial charge in [-0.25, -0.2) is 0 Å². The van der Waals surface area contributed by atoms with Gasteiger partial charge in [0.05, 0.1) is 26.7 Å². The molecule has 0 saturated heterocycles. The Hall–Kier alpha value is -1.55. The molecule has 0 aliphatic heterocycles. The van der Waals surface area contributed by atoms with E-state index in [0.717, 1.165) is 18.2 Å². The van der Waals surface area contributed by atoms with Gasteiger partial charge in [-0.3, -0.25) is 4.79 Å². The monoisotopic (exact) mass is 563 g/mol. The highest BCUT2D eigenvalue weighted by atomic mass is 35.5. The molecule has 0 heterocycles. The van der Waals surface area contributed by atoms with Crippen molar-refractivity contribution in [1.29, 1.82) is 0 Å². The molecule has 0 bridgehead atoms. The van der Waals surface area contributed by atoms with E-state index in [9.17, 15) is 31.1 Å². The molecule has 0 radical (unpaired) electrons. The summed E-state index contributed by atoms with van der Waals surface area (Å²) in [5.41, 5.74) is 0.427. The van der Waals surface area contributed by atoms with Gasteiger partial charge >= 0.3 is 12.4 Å². The van der Waals surface area contributed by atoms with Gasteiger partial charge in [0.1, 0.15) is 0 Å². The molecule has 34 heavy (non-hydrogen) atoms. The van der Waals surface area contributed by atoms with Crippen molar-refractivity contribution in [3.8, 4) is 0 Å². The van der Waals surface area contributed by atoms with Crippen molar-refractivity contribution in [3.63, 3.8) is 0 Å². The van der Waals surface area contributed by atoms with E-state index in [1.54, 1.807) is 6.92 Å². The third-order valence-corrected chi connectivity index (χ3v) is 6.85. The maximum Gasteiger partial charge on any atom is 0.399 e. The summed E-state index contributed by atoms with van der Waals surface area (Å²) >= 11 is 18.2. The number of rotatable bonds is 8. The van der Waals surface area contributed by atoms with Crippen LogP contribution in [-0.2, 0) is 0 Å². The van der Waals surface area contributed by atoms with Gasteiger partial charge in [-0.05, 0) is 42.3 Å². The van der Waals surface area contributed by atoms with Gasteiger partial charge in [0.2, 0.25) is 0 Å². The van der Waals surface area contributed by atoms with Gasteiger partial charge in [0.25, 0.3) is 5.91 Å². The van der Waals surface area contributed by atoms with Crippen molar-refractivity contribution in [3.05, 3.63) is 74.2 Å². The lowest BCUT2D eigenvalue weighted by molar-refractivity contribution is -0.139. The smallest absolute Gasteiger partial charge is 0.349 e. The number of hydrogen-bond donors (Lipinski definition) is 1. The maximum atomic E-state index is 13.6. The van der Waals surface area contributed by atoms with E-state index < -0.39 is 36.0 Å². The normalized spacial score (nSPS) is 14.3. The number of nitrogens with one attached hydrogen (secondary N) is 1. The molecule has 186 valence electrons. The topological polar surface area (TPSA) is 29.1 Å².